The van der Waals surface area contributed by atoms with Gasteiger partial charge < -0.3 is 20.7 Å². The zero-order chi connectivity index (χ0) is 16.0. The number of hydrogen-bond donors (Lipinski definition) is 3. The standard InChI is InChI=1S/C11H10N2O2.C2H2O4/c1-15-7-2-3-10-9(6-7)8(11(12)14)4-5-13-10;3-1(4)2(5)6/h2-6H,1H3,(H2,12,14);(H,3,4)(H,5,6). The van der Waals surface area contributed by atoms with Crippen LogP contribution in [0.4, 0.5) is 0 Å². The predicted molar refractivity (Wildman–Crippen MR) is 72.1 cm³/mol. The van der Waals surface area contributed by atoms with Crippen LogP contribution in [-0.2, 0) is 9.59 Å². The number of nitrogens with two attached hydrogens (primary N) is 1. The molecule has 2 aromatic rings. The first-order valence-corrected chi connectivity index (χ1v) is 5.55. The number of carboxylic acids is 2. The van der Waals surface area contributed by atoms with Crippen molar-refractivity contribution in [1.29, 1.82) is 0 Å². The molecule has 4 N–H and O–H groups in total. The number of pyridine rings is 1. The first-order chi connectivity index (χ1) is 9.86. The van der Waals surface area contributed by atoms with Gasteiger partial charge >= 0.3 is 11.9 Å². The fourth-order valence-electron chi connectivity index (χ4n) is 1.47. The smallest absolute Gasteiger partial charge is 0.414 e. The number of methoxy groups -OCH3 is 1. The first kappa shape index (κ1) is 15.9. The van der Waals surface area contributed by atoms with Gasteiger partial charge in [-0.05, 0) is 24.3 Å². The Hall–Kier alpha value is -3.16. The Morgan fingerprint density at radius 1 is 1.14 bits per heavy atom. The van der Waals surface area contributed by atoms with E-state index in [1.807, 2.05) is 0 Å². The third-order valence-corrected chi connectivity index (χ3v) is 2.40. The molecule has 0 radical (unpaired) electrons. The van der Waals surface area contributed by atoms with Crippen LogP contribution >= 0.6 is 0 Å². The number of ether oxygens (including phenoxy) is 1. The number of hydrogen-bond acceptors (Lipinski definition) is 5. The summed E-state index contributed by atoms with van der Waals surface area (Å²) in [6.45, 7) is 0. The van der Waals surface area contributed by atoms with E-state index in [1.165, 1.54) is 0 Å². The third-order valence-electron chi connectivity index (χ3n) is 2.40. The van der Waals surface area contributed by atoms with Gasteiger partial charge in [0.2, 0.25) is 5.91 Å². The molecule has 8 heteroatoms. The summed E-state index contributed by atoms with van der Waals surface area (Å²) in [5, 5.41) is 15.5. The number of amides is 1. The highest BCUT2D eigenvalue weighted by Gasteiger charge is 2.07. The van der Waals surface area contributed by atoms with Crippen molar-refractivity contribution in [3.8, 4) is 5.75 Å². The molecule has 0 unspecified atom stereocenters. The van der Waals surface area contributed by atoms with Crippen molar-refractivity contribution >= 4 is 28.7 Å². The molecule has 0 aliphatic heterocycles. The zero-order valence-electron chi connectivity index (χ0n) is 10.9. The first-order valence-electron chi connectivity index (χ1n) is 5.55. The van der Waals surface area contributed by atoms with E-state index in [1.54, 1.807) is 37.6 Å². The van der Waals surface area contributed by atoms with Gasteiger partial charge in [-0.1, -0.05) is 0 Å². The van der Waals surface area contributed by atoms with Crippen molar-refractivity contribution in [2.75, 3.05) is 7.11 Å². The van der Waals surface area contributed by atoms with E-state index < -0.39 is 17.8 Å². The van der Waals surface area contributed by atoms with E-state index in [-0.39, 0.29) is 0 Å². The second-order valence-electron chi connectivity index (χ2n) is 3.72. The van der Waals surface area contributed by atoms with Crippen LogP contribution in [0.15, 0.2) is 30.5 Å². The molecule has 1 heterocycles. The minimum absolute atomic E-state index is 0.457. The number of carbonyl (C=O) groups is 3. The molecule has 0 saturated carbocycles. The summed E-state index contributed by atoms with van der Waals surface area (Å²) in [7, 11) is 1.57. The van der Waals surface area contributed by atoms with Gasteiger partial charge in [0, 0.05) is 11.6 Å². The van der Waals surface area contributed by atoms with Gasteiger partial charge in [0.05, 0.1) is 18.2 Å². The number of carbonyl (C=O) groups excluding carboxylic acids is 1. The van der Waals surface area contributed by atoms with Crippen molar-refractivity contribution in [3.05, 3.63) is 36.0 Å². The Balaban J connectivity index is 0.000000315. The summed E-state index contributed by atoms with van der Waals surface area (Å²) in [6.07, 6.45) is 1.56. The number of benzene rings is 1. The lowest BCUT2D eigenvalue weighted by atomic mass is 10.1. The molecule has 0 aliphatic rings. The van der Waals surface area contributed by atoms with E-state index in [0.29, 0.717) is 16.7 Å². The molecule has 0 saturated heterocycles. The highest BCUT2D eigenvalue weighted by Crippen LogP contribution is 2.21. The molecule has 0 fully saturated rings. The van der Waals surface area contributed by atoms with Gasteiger partial charge in [0.1, 0.15) is 5.75 Å². The Labute approximate surface area is 118 Å². The number of aromatic nitrogens is 1. The topological polar surface area (TPSA) is 140 Å². The Bertz CT molecular complexity index is 686. The lowest BCUT2D eigenvalue weighted by Gasteiger charge is -2.04. The fraction of sp³-hybridized carbons (Fsp3) is 0.0769. The highest BCUT2D eigenvalue weighted by atomic mass is 16.5. The van der Waals surface area contributed by atoms with E-state index >= 15 is 0 Å². The van der Waals surface area contributed by atoms with Crippen LogP contribution in [-0.4, -0.2) is 40.2 Å². The third kappa shape index (κ3) is 4.16. The Kier molecular flexibility index (Phi) is 5.18. The predicted octanol–water partition coefficient (Wildman–Crippen LogP) is 0.498. The van der Waals surface area contributed by atoms with E-state index in [9.17, 15) is 4.79 Å². The maximum Gasteiger partial charge on any atom is 0.414 e. The van der Waals surface area contributed by atoms with Crippen molar-refractivity contribution in [3.63, 3.8) is 0 Å². The maximum absolute atomic E-state index is 11.2. The lowest BCUT2D eigenvalue weighted by molar-refractivity contribution is -0.159. The number of fused-ring (bicyclic) bond motifs is 1. The summed E-state index contributed by atoms with van der Waals surface area (Å²) in [5.74, 6) is -3.43. The van der Waals surface area contributed by atoms with Crippen LogP contribution in [0.25, 0.3) is 10.9 Å². The fourth-order valence-corrected chi connectivity index (χ4v) is 1.47. The zero-order valence-corrected chi connectivity index (χ0v) is 10.9. The van der Waals surface area contributed by atoms with Crippen LogP contribution in [0.1, 0.15) is 10.4 Å². The summed E-state index contributed by atoms with van der Waals surface area (Å²) in [5.41, 5.74) is 6.45. The van der Waals surface area contributed by atoms with Crippen LogP contribution in [0.2, 0.25) is 0 Å². The largest absolute Gasteiger partial charge is 0.497 e. The average molecular weight is 292 g/mol. The SMILES string of the molecule is COc1ccc2nccc(C(N)=O)c2c1.O=C(O)C(=O)O. The van der Waals surface area contributed by atoms with Gasteiger partial charge in [0.25, 0.3) is 0 Å². The number of carboxylic acid groups (broad SMARTS) is 2. The molecule has 0 atom stereocenters. The van der Waals surface area contributed by atoms with Crippen LogP contribution in [0, 0.1) is 0 Å². The number of primary amides is 1. The monoisotopic (exact) mass is 292 g/mol. The van der Waals surface area contributed by atoms with Gasteiger partial charge in [-0.25, -0.2) is 9.59 Å². The van der Waals surface area contributed by atoms with Gasteiger partial charge in [-0.3, -0.25) is 9.78 Å². The normalized spacial score (nSPS) is 9.38. The summed E-state index contributed by atoms with van der Waals surface area (Å²) >= 11 is 0. The van der Waals surface area contributed by atoms with Gasteiger partial charge in [-0.15, -0.1) is 0 Å². The number of aliphatic carboxylic acids is 2. The summed E-state index contributed by atoms with van der Waals surface area (Å²) in [6, 6.07) is 6.94. The van der Waals surface area contributed by atoms with Crippen LogP contribution in [0.3, 0.4) is 0 Å². The van der Waals surface area contributed by atoms with Crippen molar-refractivity contribution in [2.24, 2.45) is 5.73 Å². The van der Waals surface area contributed by atoms with E-state index in [0.717, 1.165) is 5.52 Å². The molecule has 1 aromatic carbocycles. The molecular weight excluding hydrogens is 280 g/mol. The molecule has 1 amide bonds. The van der Waals surface area contributed by atoms with Crippen molar-refractivity contribution in [2.45, 2.75) is 0 Å². The second-order valence-corrected chi connectivity index (χ2v) is 3.72. The lowest BCUT2D eigenvalue weighted by Crippen LogP contribution is -2.11. The average Bonchev–Trinajstić information content (AvgIpc) is 2.46. The number of rotatable bonds is 2. The molecule has 0 aliphatic carbocycles. The van der Waals surface area contributed by atoms with Gasteiger partial charge in [0.15, 0.2) is 0 Å². The van der Waals surface area contributed by atoms with E-state index in [4.69, 9.17) is 30.3 Å². The molecule has 0 bridgehead atoms. The quantitative estimate of drug-likeness (QED) is 0.684. The Morgan fingerprint density at radius 3 is 2.24 bits per heavy atom. The van der Waals surface area contributed by atoms with Gasteiger partial charge in [-0.2, -0.15) is 0 Å². The minimum atomic E-state index is -1.82. The number of nitrogens with zero attached hydrogens (tertiary/aromatic N) is 1. The minimum Gasteiger partial charge on any atom is -0.497 e. The molecule has 8 nitrogen and oxygen atoms in total. The van der Waals surface area contributed by atoms with E-state index in [2.05, 4.69) is 4.98 Å². The molecule has 0 spiro atoms. The Morgan fingerprint density at radius 2 is 1.76 bits per heavy atom. The van der Waals surface area contributed by atoms with Crippen molar-refractivity contribution < 1.29 is 29.3 Å². The highest BCUT2D eigenvalue weighted by molar-refractivity contribution is 6.27. The summed E-state index contributed by atoms with van der Waals surface area (Å²) < 4.78 is 5.08. The molecule has 110 valence electrons. The van der Waals surface area contributed by atoms with Crippen LogP contribution in [0.5, 0.6) is 5.75 Å². The molecule has 21 heavy (non-hydrogen) atoms. The molecule has 2 rings (SSSR count). The summed E-state index contributed by atoms with van der Waals surface area (Å²) in [4.78, 5) is 33.5. The van der Waals surface area contributed by atoms with Crippen molar-refractivity contribution in [1.82, 2.24) is 4.98 Å². The van der Waals surface area contributed by atoms with Crippen LogP contribution < -0.4 is 10.5 Å². The second kappa shape index (κ2) is 6.85. The molecule has 1 aromatic heterocycles. The molecular formula is C13H12N2O6. The maximum atomic E-state index is 11.2.